The van der Waals surface area contributed by atoms with Gasteiger partial charge in [0.05, 0.1) is 5.54 Å². The zero-order chi connectivity index (χ0) is 18.3. The number of aryl methyl sites for hydroxylation is 2. The molecule has 0 bridgehead atoms. The number of nitrogens with one attached hydrogen (secondary N) is 1. The Balaban J connectivity index is 0.000000236. The number of carbonyl (C=O) groups is 1. The minimum absolute atomic E-state index is 0.282. The summed E-state index contributed by atoms with van der Waals surface area (Å²) in [6, 6.07) is 16.2. The van der Waals surface area contributed by atoms with E-state index in [2.05, 4.69) is 55.3 Å². The van der Waals surface area contributed by atoms with Crippen molar-refractivity contribution in [1.29, 1.82) is 0 Å². The predicted molar refractivity (Wildman–Crippen MR) is 108 cm³/mol. The van der Waals surface area contributed by atoms with Crippen LogP contribution in [-0.4, -0.2) is 17.3 Å². The molecule has 132 valence electrons. The first-order valence-corrected chi connectivity index (χ1v) is 9.23. The maximum Gasteiger partial charge on any atom is 0.211 e. The summed E-state index contributed by atoms with van der Waals surface area (Å²) in [5.74, 6) is 0.969. The van der Waals surface area contributed by atoms with Gasteiger partial charge in [-0.25, -0.2) is 0 Å². The van der Waals surface area contributed by atoms with Crippen LogP contribution in [0.25, 0.3) is 0 Å². The number of hydrogen-bond acceptors (Lipinski definition) is 4. The average molecular weight is 356 g/mol. The summed E-state index contributed by atoms with van der Waals surface area (Å²) in [5, 5.41) is 3.28. The van der Waals surface area contributed by atoms with E-state index in [4.69, 9.17) is 5.73 Å². The van der Waals surface area contributed by atoms with Crippen LogP contribution in [0.1, 0.15) is 30.0 Å². The van der Waals surface area contributed by atoms with E-state index in [0.29, 0.717) is 11.6 Å². The standard InChI is InChI=1S/C12H15N3OS.C8H10/c1-12(5-6-17-11(13)15-12)9-3-2-4-10(7-9)14-8-16;1-7-4-3-5-8(2)6-7/h2-4,7-8H,5-6H2,1H3,(H2,13,15)(H,14,16);3-6H,1-2H3. The van der Waals surface area contributed by atoms with Crippen LogP contribution in [0.15, 0.2) is 53.5 Å². The van der Waals surface area contributed by atoms with Gasteiger partial charge in [0.2, 0.25) is 6.41 Å². The Bertz CT molecular complexity index is 743. The minimum Gasteiger partial charge on any atom is -0.379 e. The fraction of sp³-hybridized carbons (Fsp3) is 0.300. The number of carbonyl (C=O) groups excluding carboxylic acids is 1. The number of anilines is 1. The molecule has 1 unspecified atom stereocenters. The van der Waals surface area contributed by atoms with E-state index >= 15 is 0 Å². The summed E-state index contributed by atoms with van der Waals surface area (Å²) in [6.45, 7) is 6.28. The van der Waals surface area contributed by atoms with Gasteiger partial charge < -0.3 is 11.1 Å². The van der Waals surface area contributed by atoms with E-state index < -0.39 is 0 Å². The van der Waals surface area contributed by atoms with E-state index in [0.717, 1.165) is 23.4 Å². The van der Waals surface area contributed by atoms with Crippen molar-refractivity contribution >= 4 is 29.0 Å². The van der Waals surface area contributed by atoms with Crippen molar-refractivity contribution in [2.45, 2.75) is 32.7 Å². The average Bonchev–Trinajstić information content (AvgIpc) is 2.56. The molecule has 0 saturated heterocycles. The Morgan fingerprint density at radius 2 is 1.84 bits per heavy atom. The van der Waals surface area contributed by atoms with Crippen LogP contribution in [0.2, 0.25) is 0 Å². The molecule has 25 heavy (non-hydrogen) atoms. The zero-order valence-corrected chi connectivity index (χ0v) is 15.8. The molecule has 3 N–H and O–H groups in total. The fourth-order valence-corrected chi connectivity index (χ4v) is 3.69. The molecule has 5 heteroatoms. The van der Waals surface area contributed by atoms with E-state index in [1.54, 1.807) is 11.8 Å². The summed E-state index contributed by atoms with van der Waals surface area (Å²) in [6.07, 6.45) is 1.62. The number of nitrogens with two attached hydrogens (primary N) is 1. The highest BCUT2D eigenvalue weighted by atomic mass is 32.2. The van der Waals surface area contributed by atoms with E-state index in [-0.39, 0.29) is 5.54 Å². The van der Waals surface area contributed by atoms with Crippen LogP contribution < -0.4 is 11.1 Å². The first-order valence-electron chi connectivity index (χ1n) is 8.25. The Kier molecular flexibility index (Phi) is 6.65. The Morgan fingerprint density at radius 3 is 2.40 bits per heavy atom. The molecule has 1 aliphatic rings. The van der Waals surface area contributed by atoms with Gasteiger partial charge in [-0.2, -0.15) is 0 Å². The van der Waals surface area contributed by atoms with Gasteiger partial charge in [0.1, 0.15) is 0 Å². The number of benzene rings is 2. The lowest BCUT2D eigenvalue weighted by molar-refractivity contribution is -0.105. The van der Waals surface area contributed by atoms with Crippen molar-refractivity contribution in [1.82, 2.24) is 0 Å². The van der Waals surface area contributed by atoms with Crippen LogP contribution in [0, 0.1) is 13.8 Å². The molecular weight excluding hydrogens is 330 g/mol. The molecule has 0 spiro atoms. The molecule has 0 radical (unpaired) electrons. The third-order valence-corrected chi connectivity index (χ3v) is 4.87. The van der Waals surface area contributed by atoms with Gasteiger partial charge in [-0.3, -0.25) is 9.79 Å². The number of rotatable bonds is 3. The molecule has 0 saturated carbocycles. The lowest BCUT2D eigenvalue weighted by Gasteiger charge is -2.30. The lowest BCUT2D eigenvalue weighted by Crippen LogP contribution is -2.28. The number of aliphatic imine (C=N–C) groups is 1. The third kappa shape index (κ3) is 5.64. The molecule has 4 nitrogen and oxygen atoms in total. The summed E-state index contributed by atoms with van der Waals surface area (Å²) >= 11 is 1.59. The molecule has 1 amide bonds. The molecule has 0 fully saturated rings. The maximum absolute atomic E-state index is 10.4. The van der Waals surface area contributed by atoms with Gasteiger partial charge >= 0.3 is 0 Å². The summed E-state index contributed by atoms with van der Waals surface area (Å²) in [7, 11) is 0. The minimum atomic E-state index is -0.282. The summed E-state index contributed by atoms with van der Waals surface area (Å²) < 4.78 is 0. The van der Waals surface area contributed by atoms with Crippen molar-refractivity contribution in [3.63, 3.8) is 0 Å². The van der Waals surface area contributed by atoms with Crippen molar-refractivity contribution in [3.05, 3.63) is 65.2 Å². The van der Waals surface area contributed by atoms with Crippen LogP contribution in [0.3, 0.4) is 0 Å². The molecule has 0 aromatic heterocycles. The maximum atomic E-state index is 10.4. The largest absolute Gasteiger partial charge is 0.379 e. The highest BCUT2D eigenvalue weighted by Gasteiger charge is 2.29. The molecule has 2 aromatic rings. The topological polar surface area (TPSA) is 67.5 Å². The summed E-state index contributed by atoms with van der Waals surface area (Å²) in [5.41, 5.74) is 10.0. The number of amidine groups is 1. The van der Waals surface area contributed by atoms with Gasteiger partial charge in [0, 0.05) is 11.4 Å². The monoisotopic (exact) mass is 355 g/mol. The Hall–Kier alpha value is -2.27. The molecule has 1 aliphatic heterocycles. The van der Waals surface area contributed by atoms with Gasteiger partial charge in [-0.1, -0.05) is 59.3 Å². The molecule has 0 aliphatic carbocycles. The van der Waals surface area contributed by atoms with Crippen LogP contribution in [-0.2, 0) is 10.3 Å². The molecular formula is C20H25N3OS. The van der Waals surface area contributed by atoms with Crippen LogP contribution in [0.4, 0.5) is 5.69 Å². The Labute approximate surface area is 153 Å². The number of amides is 1. The number of hydrogen-bond donors (Lipinski definition) is 2. The van der Waals surface area contributed by atoms with E-state index in [1.165, 1.54) is 11.1 Å². The molecule has 1 heterocycles. The second-order valence-corrected chi connectivity index (χ2v) is 7.44. The van der Waals surface area contributed by atoms with Gasteiger partial charge in [0.25, 0.3) is 0 Å². The number of thioether (sulfide) groups is 1. The van der Waals surface area contributed by atoms with Crippen LogP contribution in [0.5, 0.6) is 0 Å². The van der Waals surface area contributed by atoms with Crippen molar-refractivity contribution in [3.8, 4) is 0 Å². The fourth-order valence-electron chi connectivity index (χ4n) is 2.71. The highest BCUT2D eigenvalue weighted by Crippen LogP contribution is 2.35. The second kappa shape index (κ2) is 8.72. The zero-order valence-electron chi connectivity index (χ0n) is 15.0. The second-order valence-electron chi connectivity index (χ2n) is 6.32. The normalized spacial score (nSPS) is 19.2. The van der Waals surface area contributed by atoms with E-state index in [9.17, 15) is 4.79 Å². The first-order chi connectivity index (χ1) is 11.9. The van der Waals surface area contributed by atoms with Crippen molar-refractivity contribution in [2.75, 3.05) is 11.1 Å². The van der Waals surface area contributed by atoms with Gasteiger partial charge in [-0.15, -0.1) is 0 Å². The number of nitrogens with zero attached hydrogens (tertiary/aromatic N) is 1. The third-order valence-electron chi connectivity index (χ3n) is 4.08. The molecule has 1 atom stereocenters. The van der Waals surface area contributed by atoms with Gasteiger partial charge in [0.15, 0.2) is 5.17 Å². The van der Waals surface area contributed by atoms with Crippen molar-refractivity contribution < 1.29 is 4.79 Å². The highest BCUT2D eigenvalue weighted by molar-refractivity contribution is 8.13. The molecule has 3 rings (SSSR count). The Morgan fingerprint density at radius 1 is 1.16 bits per heavy atom. The quantitative estimate of drug-likeness (QED) is 0.810. The van der Waals surface area contributed by atoms with E-state index in [1.807, 2.05) is 24.3 Å². The SMILES string of the molecule is CC1(c2cccc(NC=O)c2)CCSC(N)=N1.Cc1cccc(C)c1. The molecule has 2 aromatic carbocycles. The predicted octanol–water partition coefficient (Wildman–Crippen LogP) is 4.23. The van der Waals surface area contributed by atoms with Crippen molar-refractivity contribution in [2.24, 2.45) is 10.7 Å². The first kappa shape index (κ1) is 19.1. The van der Waals surface area contributed by atoms with Crippen LogP contribution >= 0.6 is 11.8 Å². The lowest BCUT2D eigenvalue weighted by atomic mass is 9.89. The summed E-state index contributed by atoms with van der Waals surface area (Å²) in [4.78, 5) is 15.0. The van der Waals surface area contributed by atoms with Gasteiger partial charge in [-0.05, 0) is 44.9 Å². The smallest absolute Gasteiger partial charge is 0.211 e.